The highest BCUT2D eigenvalue weighted by Crippen LogP contribution is 2.23. The van der Waals surface area contributed by atoms with Gasteiger partial charge >= 0.3 is 0 Å². The van der Waals surface area contributed by atoms with Crippen LogP contribution in [-0.4, -0.2) is 16.8 Å². The van der Waals surface area contributed by atoms with Gasteiger partial charge in [0, 0.05) is 5.56 Å². The van der Waals surface area contributed by atoms with Crippen LogP contribution >= 0.6 is 0 Å². The molecule has 3 nitrogen and oxygen atoms in total. The lowest BCUT2D eigenvalue weighted by Gasteiger charge is -2.06. The highest BCUT2D eigenvalue weighted by molar-refractivity contribution is 5.80. The molecule has 0 aliphatic rings. The van der Waals surface area contributed by atoms with Crippen LogP contribution in [0, 0.1) is 0 Å². The number of rotatable bonds is 2. The lowest BCUT2D eigenvalue weighted by atomic mass is 10.2. The van der Waals surface area contributed by atoms with E-state index in [1.54, 1.807) is 11.8 Å². The summed E-state index contributed by atoms with van der Waals surface area (Å²) in [6.45, 7) is 0. The zero-order valence-corrected chi connectivity index (χ0v) is 9.50. The van der Waals surface area contributed by atoms with E-state index in [9.17, 15) is 0 Å². The van der Waals surface area contributed by atoms with Gasteiger partial charge in [-0.15, -0.1) is 0 Å². The Balaban J connectivity index is 2.30. The van der Waals surface area contributed by atoms with E-state index < -0.39 is 0 Å². The zero-order valence-electron chi connectivity index (χ0n) is 9.50. The summed E-state index contributed by atoms with van der Waals surface area (Å²) in [6.07, 6.45) is 0. The Kier molecular flexibility index (Phi) is 2.29. The van der Waals surface area contributed by atoms with Gasteiger partial charge in [-0.2, -0.15) is 4.73 Å². The average molecular weight is 224 g/mol. The number of benzene rings is 2. The predicted molar refractivity (Wildman–Crippen MR) is 67.7 cm³/mol. The third-order valence-corrected chi connectivity index (χ3v) is 2.73. The highest BCUT2D eigenvalue weighted by atomic mass is 16.6. The number of imidazole rings is 1. The fraction of sp³-hybridized carbons (Fsp3) is 0.0714. The summed E-state index contributed by atoms with van der Waals surface area (Å²) in [7, 11) is 1.65. The molecule has 0 atom stereocenters. The maximum atomic E-state index is 5.41. The van der Waals surface area contributed by atoms with E-state index in [1.807, 2.05) is 54.6 Å². The van der Waals surface area contributed by atoms with Gasteiger partial charge in [0.2, 0.25) is 0 Å². The molecule has 0 amide bonds. The topological polar surface area (TPSA) is 27.1 Å². The van der Waals surface area contributed by atoms with Gasteiger partial charge in [0.15, 0.2) is 5.82 Å². The molecule has 2 aromatic carbocycles. The van der Waals surface area contributed by atoms with E-state index in [1.165, 1.54) is 0 Å². The summed E-state index contributed by atoms with van der Waals surface area (Å²) in [6, 6.07) is 18.0. The molecule has 3 rings (SSSR count). The molecule has 0 bridgehead atoms. The van der Waals surface area contributed by atoms with Crippen molar-refractivity contribution in [1.29, 1.82) is 0 Å². The van der Waals surface area contributed by atoms with Crippen molar-refractivity contribution in [1.82, 2.24) is 9.71 Å². The molecular formula is C14H12N2O. The first kappa shape index (κ1) is 9.90. The van der Waals surface area contributed by atoms with Crippen molar-refractivity contribution in [2.75, 3.05) is 7.11 Å². The summed E-state index contributed by atoms with van der Waals surface area (Å²) in [5.41, 5.74) is 2.97. The summed E-state index contributed by atoms with van der Waals surface area (Å²) in [5, 5.41) is 0. The van der Waals surface area contributed by atoms with Gasteiger partial charge in [-0.3, -0.25) is 0 Å². The van der Waals surface area contributed by atoms with Crippen LogP contribution in [0.15, 0.2) is 54.6 Å². The Morgan fingerprint density at radius 1 is 0.941 bits per heavy atom. The Morgan fingerprint density at radius 2 is 1.65 bits per heavy atom. The molecule has 0 fully saturated rings. The minimum absolute atomic E-state index is 0.828. The smallest absolute Gasteiger partial charge is 0.176 e. The zero-order chi connectivity index (χ0) is 11.7. The van der Waals surface area contributed by atoms with Gasteiger partial charge < -0.3 is 4.84 Å². The van der Waals surface area contributed by atoms with E-state index in [2.05, 4.69) is 4.98 Å². The van der Waals surface area contributed by atoms with Crippen LogP contribution in [0.2, 0.25) is 0 Å². The monoisotopic (exact) mass is 224 g/mol. The molecule has 0 unspecified atom stereocenters. The summed E-state index contributed by atoms with van der Waals surface area (Å²) in [5.74, 6) is 0.828. The molecule has 17 heavy (non-hydrogen) atoms. The quantitative estimate of drug-likeness (QED) is 0.669. The number of hydrogen-bond donors (Lipinski definition) is 0. The van der Waals surface area contributed by atoms with E-state index in [4.69, 9.17) is 4.84 Å². The molecule has 0 saturated heterocycles. The minimum Gasteiger partial charge on any atom is -0.415 e. The Labute approximate surface area is 99.2 Å². The van der Waals surface area contributed by atoms with Crippen molar-refractivity contribution in [3.05, 3.63) is 54.6 Å². The fourth-order valence-electron chi connectivity index (χ4n) is 1.96. The molecule has 0 spiro atoms. The molecule has 1 heterocycles. The van der Waals surface area contributed by atoms with Crippen LogP contribution in [0.25, 0.3) is 22.4 Å². The van der Waals surface area contributed by atoms with Gasteiger partial charge in [-0.25, -0.2) is 4.98 Å². The maximum Gasteiger partial charge on any atom is 0.176 e. The molecule has 0 N–H and O–H groups in total. The molecule has 0 saturated carbocycles. The largest absolute Gasteiger partial charge is 0.415 e. The summed E-state index contributed by atoms with van der Waals surface area (Å²) < 4.78 is 1.75. The van der Waals surface area contributed by atoms with Crippen molar-refractivity contribution >= 4 is 11.0 Å². The summed E-state index contributed by atoms with van der Waals surface area (Å²) in [4.78, 5) is 10.00. The van der Waals surface area contributed by atoms with Crippen molar-refractivity contribution in [2.24, 2.45) is 0 Å². The van der Waals surface area contributed by atoms with Crippen LogP contribution in [0.1, 0.15) is 0 Å². The van der Waals surface area contributed by atoms with Crippen LogP contribution in [0.4, 0.5) is 0 Å². The third-order valence-electron chi connectivity index (χ3n) is 2.73. The molecule has 0 radical (unpaired) electrons. The predicted octanol–water partition coefficient (Wildman–Crippen LogP) is 2.76. The van der Waals surface area contributed by atoms with Gasteiger partial charge in [0.25, 0.3) is 0 Å². The van der Waals surface area contributed by atoms with Gasteiger partial charge in [0.05, 0.1) is 5.52 Å². The molecule has 3 heteroatoms. The fourth-order valence-corrected chi connectivity index (χ4v) is 1.96. The molecule has 0 aliphatic heterocycles. The van der Waals surface area contributed by atoms with E-state index in [0.29, 0.717) is 0 Å². The standard InChI is InChI=1S/C14H12N2O/c1-17-16-13-10-6-5-9-12(13)15-14(16)11-7-3-2-4-8-11/h2-10H,1H3. The van der Waals surface area contributed by atoms with Crippen molar-refractivity contribution < 1.29 is 4.84 Å². The highest BCUT2D eigenvalue weighted by Gasteiger charge is 2.11. The van der Waals surface area contributed by atoms with Gasteiger partial charge in [-0.05, 0) is 12.1 Å². The normalized spacial score (nSPS) is 10.6. The van der Waals surface area contributed by atoms with Gasteiger partial charge in [0.1, 0.15) is 12.6 Å². The third kappa shape index (κ3) is 1.56. The van der Waals surface area contributed by atoms with E-state index in [-0.39, 0.29) is 0 Å². The first-order chi connectivity index (χ1) is 8.40. The average Bonchev–Trinajstić information content (AvgIpc) is 2.78. The maximum absolute atomic E-state index is 5.41. The molecule has 84 valence electrons. The van der Waals surface area contributed by atoms with Crippen LogP contribution in [0.3, 0.4) is 0 Å². The van der Waals surface area contributed by atoms with Crippen molar-refractivity contribution in [3.8, 4) is 11.4 Å². The van der Waals surface area contributed by atoms with Crippen LogP contribution in [0.5, 0.6) is 0 Å². The SMILES string of the molecule is COn1c(-c2ccccc2)nc2ccccc21. The van der Waals surface area contributed by atoms with Crippen LogP contribution < -0.4 is 4.84 Å². The minimum atomic E-state index is 0.828. The first-order valence-corrected chi connectivity index (χ1v) is 5.47. The number of para-hydroxylation sites is 2. The molecule has 3 aromatic rings. The second kappa shape index (κ2) is 3.94. The Morgan fingerprint density at radius 3 is 2.41 bits per heavy atom. The second-order valence-corrected chi connectivity index (χ2v) is 3.77. The lowest BCUT2D eigenvalue weighted by Crippen LogP contribution is -2.07. The molecular weight excluding hydrogens is 212 g/mol. The number of aromatic nitrogens is 2. The summed E-state index contributed by atoms with van der Waals surface area (Å²) >= 11 is 0. The Hall–Kier alpha value is -2.29. The number of hydrogen-bond acceptors (Lipinski definition) is 2. The van der Waals surface area contributed by atoms with Crippen molar-refractivity contribution in [2.45, 2.75) is 0 Å². The van der Waals surface area contributed by atoms with Crippen molar-refractivity contribution in [3.63, 3.8) is 0 Å². The number of nitrogens with zero attached hydrogens (tertiary/aromatic N) is 2. The Bertz CT molecular complexity index is 644. The van der Waals surface area contributed by atoms with E-state index in [0.717, 1.165) is 22.4 Å². The molecule has 1 aromatic heterocycles. The van der Waals surface area contributed by atoms with Crippen LogP contribution in [-0.2, 0) is 0 Å². The number of fused-ring (bicyclic) bond motifs is 1. The molecule has 0 aliphatic carbocycles. The lowest BCUT2D eigenvalue weighted by molar-refractivity contribution is 0.182. The van der Waals surface area contributed by atoms with E-state index >= 15 is 0 Å². The first-order valence-electron chi connectivity index (χ1n) is 5.47. The second-order valence-electron chi connectivity index (χ2n) is 3.77. The van der Waals surface area contributed by atoms with Gasteiger partial charge in [-0.1, -0.05) is 42.5 Å².